The maximum Gasteiger partial charge on any atom is 0.0964 e. The lowest BCUT2D eigenvalue weighted by atomic mass is 9.63. The van der Waals surface area contributed by atoms with Gasteiger partial charge in [0.1, 0.15) is 0 Å². The molecule has 2 aromatic rings. The molecule has 1 atom stereocenters. The topological polar surface area (TPSA) is 48.4 Å². The quantitative estimate of drug-likeness (QED) is 0.546. The van der Waals surface area contributed by atoms with E-state index in [4.69, 9.17) is 4.98 Å². The summed E-state index contributed by atoms with van der Waals surface area (Å²) in [5.74, 6) is 0.541. The number of nitrogens with one attached hydrogen (secondary N) is 1. The highest BCUT2D eigenvalue weighted by Crippen LogP contribution is 2.47. The number of aliphatic hydroxyl groups excluding tert-OH is 1. The van der Waals surface area contributed by atoms with Crippen molar-refractivity contribution in [3.63, 3.8) is 0 Å². The second kappa shape index (κ2) is 9.77. The van der Waals surface area contributed by atoms with Gasteiger partial charge in [0.25, 0.3) is 0 Å². The standard InChI is InChI=1S/C28H43N3OS/c1-19(2)29-16-22(32)17-31-13-9-20(10-14-31)26-30-25(18-33-26)21-7-8-23-24(15-21)28(5,6)12-11-27(23,3)4/h7-8,15,18-20,22,29,32H,9-14,16-17H2,1-6H3. The van der Waals surface area contributed by atoms with Crippen LogP contribution in [0.5, 0.6) is 0 Å². The molecule has 1 aromatic heterocycles. The Morgan fingerprint density at radius 3 is 2.42 bits per heavy atom. The van der Waals surface area contributed by atoms with E-state index in [1.54, 1.807) is 0 Å². The monoisotopic (exact) mass is 469 g/mol. The molecule has 1 saturated heterocycles. The third-order valence-corrected chi connectivity index (χ3v) is 8.85. The van der Waals surface area contributed by atoms with E-state index in [-0.39, 0.29) is 16.9 Å². The summed E-state index contributed by atoms with van der Waals surface area (Å²) in [5.41, 5.74) is 5.89. The van der Waals surface area contributed by atoms with Crippen molar-refractivity contribution in [1.82, 2.24) is 15.2 Å². The maximum absolute atomic E-state index is 10.3. The Kier molecular flexibility index (Phi) is 7.35. The second-order valence-electron chi connectivity index (χ2n) is 11.9. The molecule has 1 unspecified atom stereocenters. The Bertz CT molecular complexity index is 940. The van der Waals surface area contributed by atoms with E-state index in [9.17, 15) is 5.11 Å². The zero-order chi connectivity index (χ0) is 23.8. The van der Waals surface area contributed by atoms with Gasteiger partial charge in [-0.05, 0) is 66.8 Å². The molecule has 4 nitrogen and oxygen atoms in total. The molecular formula is C28H43N3OS. The first-order valence-electron chi connectivity index (χ1n) is 12.8. The number of benzene rings is 1. The van der Waals surface area contributed by atoms with Gasteiger partial charge in [-0.3, -0.25) is 0 Å². The van der Waals surface area contributed by atoms with Crippen LogP contribution >= 0.6 is 11.3 Å². The number of thiazole rings is 1. The van der Waals surface area contributed by atoms with Crippen molar-refractivity contribution in [3.05, 3.63) is 39.7 Å². The van der Waals surface area contributed by atoms with Crippen LogP contribution in [-0.2, 0) is 10.8 Å². The molecule has 0 bridgehead atoms. The Hall–Kier alpha value is -1.27. The molecule has 1 aromatic carbocycles. The van der Waals surface area contributed by atoms with E-state index in [1.165, 1.54) is 34.5 Å². The van der Waals surface area contributed by atoms with Gasteiger partial charge in [-0.25, -0.2) is 4.98 Å². The summed E-state index contributed by atoms with van der Waals surface area (Å²) in [6.45, 7) is 17.3. The Balaban J connectivity index is 1.40. The molecule has 1 fully saturated rings. The van der Waals surface area contributed by atoms with Crippen LogP contribution in [0.1, 0.15) is 89.3 Å². The number of rotatable bonds is 7. The first-order chi connectivity index (χ1) is 15.5. The van der Waals surface area contributed by atoms with Crippen molar-refractivity contribution in [2.45, 2.75) is 96.1 Å². The molecule has 33 heavy (non-hydrogen) atoms. The molecule has 2 N–H and O–H groups in total. The molecule has 4 rings (SSSR count). The van der Waals surface area contributed by atoms with Crippen LogP contribution in [-0.4, -0.2) is 53.3 Å². The van der Waals surface area contributed by atoms with Gasteiger partial charge < -0.3 is 15.3 Å². The number of hydrogen-bond acceptors (Lipinski definition) is 5. The average Bonchev–Trinajstić information content (AvgIpc) is 3.26. The third-order valence-electron chi connectivity index (χ3n) is 7.84. The molecule has 5 heteroatoms. The number of fused-ring (bicyclic) bond motifs is 1. The van der Waals surface area contributed by atoms with Gasteiger partial charge in [-0.2, -0.15) is 0 Å². The van der Waals surface area contributed by atoms with Crippen LogP contribution in [0.3, 0.4) is 0 Å². The highest BCUT2D eigenvalue weighted by molar-refractivity contribution is 7.10. The fraction of sp³-hybridized carbons (Fsp3) is 0.679. The van der Waals surface area contributed by atoms with Gasteiger partial charge in [-0.15, -0.1) is 11.3 Å². The minimum absolute atomic E-state index is 0.224. The van der Waals surface area contributed by atoms with Crippen LogP contribution in [0, 0.1) is 0 Å². The van der Waals surface area contributed by atoms with E-state index in [2.05, 4.69) is 75.3 Å². The van der Waals surface area contributed by atoms with Crippen LogP contribution < -0.4 is 5.32 Å². The molecule has 0 amide bonds. The summed E-state index contributed by atoms with van der Waals surface area (Å²) in [7, 11) is 0. The summed E-state index contributed by atoms with van der Waals surface area (Å²) in [5, 5.41) is 17.2. The molecule has 0 radical (unpaired) electrons. The number of piperidine rings is 1. The SMILES string of the molecule is CC(C)NCC(O)CN1CCC(c2nc(-c3ccc4c(c3)C(C)(C)CCC4(C)C)cs2)CC1. The van der Waals surface area contributed by atoms with E-state index < -0.39 is 0 Å². The molecule has 2 aliphatic rings. The predicted molar refractivity (Wildman–Crippen MR) is 140 cm³/mol. The van der Waals surface area contributed by atoms with Gasteiger partial charge in [0, 0.05) is 36.0 Å². The molecule has 0 spiro atoms. The van der Waals surface area contributed by atoms with Gasteiger partial charge in [0.2, 0.25) is 0 Å². The number of aliphatic hydroxyl groups is 1. The van der Waals surface area contributed by atoms with Crippen LogP contribution in [0.25, 0.3) is 11.3 Å². The zero-order valence-corrected chi connectivity index (χ0v) is 22.3. The highest BCUT2D eigenvalue weighted by atomic mass is 32.1. The zero-order valence-electron chi connectivity index (χ0n) is 21.4. The number of likely N-dealkylation sites (tertiary alicyclic amines) is 1. The van der Waals surface area contributed by atoms with E-state index in [0.717, 1.165) is 38.2 Å². The van der Waals surface area contributed by atoms with E-state index >= 15 is 0 Å². The summed E-state index contributed by atoms with van der Waals surface area (Å²) in [6, 6.07) is 7.49. The van der Waals surface area contributed by atoms with Gasteiger partial charge >= 0.3 is 0 Å². The lowest BCUT2D eigenvalue weighted by Gasteiger charge is -2.42. The van der Waals surface area contributed by atoms with Gasteiger partial charge in [0.05, 0.1) is 16.8 Å². The van der Waals surface area contributed by atoms with Gasteiger partial charge in [-0.1, -0.05) is 53.7 Å². The van der Waals surface area contributed by atoms with Crippen molar-refractivity contribution in [2.75, 3.05) is 26.2 Å². The molecule has 1 aliphatic heterocycles. The Morgan fingerprint density at radius 1 is 1.09 bits per heavy atom. The molecule has 182 valence electrons. The fourth-order valence-corrected chi connectivity index (χ4v) is 6.45. The Morgan fingerprint density at radius 2 is 1.76 bits per heavy atom. The molecular weight excluding hydrogens is 426 g/mol. The van der Waals surface area contributed by atoms with Crippen LogP contribution in [0.2, 0.25) is 0 Å². The van der Waals surface area contributed by atoms with Crippen molar-refractivity contribution in [2.24, 2.45) is 0 Å². The van der Waals surface area contributed by atoms with Gasteiger partial charge in [0.15, 0.2) is 0 Å². The third kappa shape index (κ3) is 5.70. The molecule has 1 aliphatic carbocycles. The normalized spacial score (nSPS) is 21.8. The van der Waals surface area contributed by atoms with Crippen LogP contribution in [0.4, 0.5) is 0 Å². The maximum atomic E-state index is 10.3. The number of nitrogens with zero attached hydrogens (tertiary/aromatic N) is 2. The first-order valence-corrected chi connectivity index (χ1v) is 13.7. The summed E-state index contributed by atoms with van der Waals surface area (Å²) >= 11 is 1.83. The second-order valence-corrected chi connectivity index (χ2v) is 12.8. The van der Waals surface area contributed by atoms with Crippen molar-refractivity contribution in [1.29, 1.82) is 0 Å². The van der Waals surface area contributed by atoms with Crippen molar-refractivity contribution >= 4 is 11.3 Å². The highest BCUT2D eigenvalue weighted by Gasteiger charge is 2.37. The fourth-order valence-electron chi connectivity index (χ4n) is 5.45. The lowest BCUT2D eigenvalue weighted by Crippen LogP contribution is -2.43. The largest absolute Gasteiger partial charge is 0.390 e. The van der Waals surface area contributed by atoms with Crippen molar-refractivity contribution in [3.8, 4) is 11.3 Å². The minimum atomic E-state index is -0.298. The molecule has 2 heterocycles. The smallest absolute Gasteiger partial charge is 0.0964 e. The Labute approximate surface area is 204 Å². The van der Waals surface area contributed by atoms with E-state index in [1.807, 2.05) is 11.3 Å². The number of β-amino-alcohol motifs (C(OH)–C–C–N with tert-alkyl or cyclic N) is 1. The average molecular weight is 470 g/mol. The predicted octanol–water partition coefficient (Wildman–Crippen LogP) is 5.70. The summed E-state index contributed by atoms with van der Waals surface area (Å²) in [6.07, 6.45) is 4.44. The first kappa shape index (κ1) is 24.8. The number of hydrogen-bond donors (Lipinski definition) is 2. The van der Waals surface area contributed by atoms with Crippen molar-refractivity contribution < 1.29 is 5.11 Å². The van der Waals surface area contributed by atoms with E-state index in [0.29, 0.717) is 18.5 Å². The summed E-state index contributed by atoms with van der Waals surface area (Å²) < 4.78 is 0. The minimum Gasteiger partial charge on any atom is -0.390 e. The molecule has 0 saturated carbocycles. The number of aromatic nitrogens is 1. The van der Waals surface area contributed by atoms with Crippen LogP contribution in [0.15, 0.2) is 23.6 Å². The summed E-state index contributed by atoms with van der Waals surface area (Å²) in [4.78, 5) is 7.52. The lowest BCUT2D eigenvalue weighted by molar-refractivity contribution is 0.0948.